The maximum absolute atomic E-state index is 12.7. The Morgan fingerprint density at radius 1 is 1.03 bits per heavy atom. The molecule has 3 fully saturated rings. The fourth-order valence-corrected chi connectivity index (χ4v) is 9.28. The van der Waals surface area contributed by atoms with Crippen molar-refractivity contribution in [2.45, 2.75) is 106 Å². The first kappa shape index (κ1) is 23.5. The molecule has 3 saturated carbocycles. The number of aliphatic hydroxyl groups excluding tert-OH is 1. The van der Waals surface area contributed by atoms with Crippen LogP contribution < -0.4 is 0 Å². The molecule has 31 heavy (non-hydrogen) atoms. The molecule has 0 aromatic heterocycles. The predicted molar refractivity (Wildman–Crippen MR) is 129 cm³/mol. The molecular formula is C29H48O2. The number of hydrogen-bond donors (Lipinski definition) is 1. The van der Waals surface area contributed by atoms with Gasteiger partial charge in [-0.2, -0.15) is 0 Å². The first-order valence-electron chi connectivity index (χ1n) is 13.4. The summed E-state index contributed by atoms with van der Waals surface area (Å²) in [7, 11) is 0. The topological polar surface area (TPSA) is 37.3 Å². The molecule has 0 bridgehead atoms. The summed E-state index contributed by atoms with van der Waals surface area (Å²) < 4.78 is 0. The standard InChI is InChI=1S/C29H48O2/c1-19(18-30)8-7-9-20(2)22-11-12-23-21-10-13-25-27(3,4)26(31)15-17-29(25,6)24(21)14-16-28(22,23)5/h13,19-24,30H,7-12,14-18H2,1-6H3/t19-,20+,21-,22+,23-,24-,28+,29+/m0/s1. The van der Waals surface area contributed by atoms with E-state index in [0.29, 0.717) is 23.7 Å². The van der Waals surface area contributed by atoms with Crippen LogP contribution in [0.5, 0.6) is 0 Å². The molecule has 0 spiro atoms. The summed E-state index contributed by atoms with van der Waals surface area (Å²) in [4.78, 5) is 12.7. The predicted octanol–water partition coefficient (Wildman–Crippen LogP) is 7.21. The molecule has 0 saturated heterocycles. The Balaban J connectivity index is 1.51. The van der Waals surface area contributed by atoms with Crippen molar-refractivity contribution in [3.63, 3.8) is 0 Å². The summed E-state index contributed by atoms with van der Waals surface area (Å²) in [6, 6.07) is 0. The fourth-order valence-electron chi connectivity index (χ4n) is 9.28. The van der Waals surface area contributed by atoms with Crippen LogP contribution in [0.4, 0.5) is 0 Å². The lowest BCUT2D eigenvalue weighted by Gasteiger charge is -2.60. The Morgan fingerprint density at radius 3 is 2.48 bits per heavy atom. The Hall–Kier alpha value is -0.630. The molecule has 2 nitrogen and oxygen atoms in total. The molecule has 0 radical (unpaired) electrons. The second kappa shape index (κ2) is 8.30. The van der Waals surface area contributed by atoms with Crippen molar-refractivity contribution in [1.29, 1.82) is 0 Å². The van der Waals surface area contributed by atoms with E-state index in [1.807, 2.05) is 0 Å². The van der Waals surface area contributed by atoms with Gasteiger partial charge in [0.05, 0.1) is 0 Å². The van der Waals surface area contributed by atoms with Crippen molar-refractivity contribution in [3.05, 3.63) is 11.6 Å². The summed E-state index contributed by atoms with van der Waals surface area (Å²) >= 11 is 0. The van der Waals surface area contributed by atoms with Crippen molar-refractivity contribution in [1.82, 2.24) is 0 Å². The SMILES string of the molecule is C[C@H](CO)CCC[C@@H](C)[C@H]1CC[C@H]2[C@@H]3CC=C4C(C)(C)C(=O)CC[C@]4(C)[C@H]3CC[C@]12C. The van der Waals surface area contributed by atoms with Crippen LogP contribution in [0.25, 0.3) is 0 Å². The monoisotopic (exact) mass is 428 g/mol. The summed E-state index contributed by atoms with van der Waals surface area (Å²) in [5.74, 6) is 5.04. The van der Waals surface area contributed by atoms with E-state index < -0.39 is 0 Å². The second-order valence-corrected chi connectivity index (χ2v) is 13.1. The van der Waals surface area contributed by atoms with Gasteiger partial charge in [0, 0.05) is 18.4 Å². The van der Waals surface area contributed by atoms with Crippen LogP contribution in [0.15, 0.2) is 11.6 Å². The first-order valence-corrected chi connectivity index (χ1v) is 13.4. The van der Waals surface area contributed by atoms with Gasteiger partial charge in [-0.05, 0) is 105 Å². The largest absolute Gasteiger partial charge is 0.396 e. The molecule has 4 aliphatic carbocycles. The van der Waals surface area contributed by atoms with Crippen LogP contribution in [0.3, 0.4) is 0 Å². The van der Waals surface area contributed by atoms with E-state index >= 15 is 0 Å². The third kappa shape index (κ3) is 3.68. The lowest BCUT2D eigenvalue weighted by Crippen LogP contribution is -2.53. The van der Waals surface area contributed by atoms with Crippen molar-refractivity contribution in [3.8, 4) is 0 Å². The van der Waals surface area contributed by atoms with Crippen LogP contribution in [0, 0.1) is 51.8 Å². The minimum atomic E-state index is -0.253. The molecular weight excluding hydrogens is 380 g/mol. The average Bonchev–Trinajstić information content (AvgIpc) is 3.08. The van der Waals surface area contributed by atoms with Crippen LogP contribution in [-0.2, 0) is 4.79 Å². The number of fused-ring (bicyclic) bond motifs is 5. The first-order chi connectivity index (χ1) is 14.6. The number of carbonyl (C=O) groups is 1. The molecule has 4 aliphatic rings. The van der Waals surface area contributed by atoms with Gasteiger partial charge < -0.3 is 5.11 Å². The Bertz CT molecular complexity index is 720. The maximum atomic E-state index is 12.7. The highest BCUT2D eigenvalue weighted by molar-refractivity contribution is 5.89. The molecule has 0 heterocycles. The zero-order chi connectivity index (χ0) is 22.6. The van der Waals surface area contributed by atoms with E-state index in [1.54, 1.807) is 0 Å². The van der Waals surface area contributed by atoms with Crippen molar-refractivity contribution >= 4 is 5.78 Å². The van der Waals surface area contributed by atoms with Crippen molar-refractivity contribution in [2.75, 3.05) is 6.61 Å². The number of ketones is 1. The van der Waals surface area contributed by atoms with Gasteiger partial charge in [-0.1, -0.05) is 52.2 Å². The molecule has 1 N–H and O–H groups in total. The van der Waals surface area contributed by atoms with E-state index in [4.69, 9.17) is 0 Å². The molecule has 0 aromatic rings. The normalized spacial score (nSPS) is 43.5. The smallest absolute Gasteiger partial charge is 0.142 e. The number of allylic oxidation sites excluding steroid dienone is 2. The van der Waals surface area contributed by atoms with Crippen LogP contribution in [0.2, 0.25) is 0 Å². The maximum Gasteiger partial charge on any atom is 0.142 e. The third-order valence-corrected chi connectivity index (χ3v) is 11.1. The van der Waals surface area contributed by atoms with Gasteiger partial charge in [0.1, 0.15) is 5.78 Å². The highest BCUT2D eigenvalue weighted by atomic mass is 16.3. The quantitative estimate of drug-likeness (QED) is 0.454. The molecule has 0 unspecified atom stereocenters. The van der Waals surface area contributed by atoms with E-state index in [0.717, 1.165) is 42.4 Å². The van der Waals surface area contributed by atoms with Gasteiger partial charge in [0.15, 0.2) is 0 Å². The van der Waals surface area contributed by atoms with Gasteiger partial charge in [-0.15, -0.1) is 0 Å². The summed E-state index contributed by atoms with van der Waals surface area (Å²) in [5, 5.41) is 9.34. The Kier molecular flexibility index (Phi) is 6.30. The van der Waals surface area contributed by atoms with Crippen molar-refractivity contribution in [2.24, 2.45) is 51.8 Å². The molecule has 8 atom stereocenters. The number of rotatable bonds is 6. The van der Waals surface area contributed by atoms with Crippen LogP contribution >= 0.6 is 0 Å². The van der Waals surface area contributed by atoms with Gasteiger partial charge in [0.2, 0.25) is 0 Å². The lowest BCUT2D eigenvalue weighted by molar-refractivity contribution is -0.132. The summed E-state index contributed by atoms with van der Waals surface area (Å²) in [6.45, 7) is 14.6. The van der Waals surface area contributed by atoms with Gasteiger partial charge in [-0.25, -0.2) is 0 Å². The Morgan fingerprint density at radius 2 is 1.77 bits per heavy atom. The molecule has 0 aliphatic heterocycles. The molecule has 4 rings (SSSR count). The Labute approximate surface area is 191 Å². The minimum absolute atomic E-state index is 0.242. The van der Waals surface area contributed by atoms with Crippen LogP contribution in [0.1, 0.15) is 106 Å². The molecule has 176 valence electrons. The van der Waals surface area contributed by atoms with E-state index in [9.17, 15) is 9.90 Å². The highest BCUT2D eigenvalue weighted by Gasteiger charge is 2.61. The van der Waals surface area contributed by atoms with E-state index in [2.05, 4.69) is 47.6 Å². The zero-order valence-corrected chi connectivity index (χ0v) is 21.2. The summed E-state index contributed by atoms with van der Waals surface area (Å²) in [6.07, 6.45) is 14.9. The summed E-state index contributed by atoms with van der Waals surface area (Å²) in [5.41, 5.74) is 1.98. The highest BCUT2D eigenvalue weighted by Crippen LogP contribution is 2.68. The van der Waals surface area contributed by atoms with E-state index in [1.165, 1.54) is 56.9 Å². The molecule has 2 heteroatoms. The fraction of sp³-hybridized carbons (Fsp3) is 0.897. The third-order valence-electron chi connectivity index (χ3n) is 11.1. The lowest BCUT2D eigenvalue weighted by atomic mass is 9.44. The number of hydrogen-bond acceptors (Lipinski definition) is 2. The van der Waals surface area contributed by atoms with Crippen LogP contribution in [-0.4, -0.2) is 17.5 Å². The van der Waals surface area contributed by atoms with Gasteiger partial charge >= 0.3 is 0 Å². The van der Waals surface area contributed by atoms with Gasteiger partial charge in [0.25, 0.3) is 0 Å². The average molecular weight is 429 g/mol. The molecule has 0 aromatic carbocycles. The van der Waals surface area contributed by atoms with Crippen molar-refractivity contribution < 1.29 is 9.90 Å². The zero-order valence-electron chi connectivity index (χ0n) is 21.2. The molecule has 0 amide bonds. The number of aliphatic hydroxyl groups is 1. The van der Waals surface area contributed by atoms with E-state index in [-0.39, 0.29) is 10.8 Å². The second-order valence-electron chi connectivity index (χ2n) is 13.1. The van der Waals surface area contributed by atoms with Gasteiger partial charge in [-0.3, -0.25) is 4.79 Å². The number of carbonyl (C=O) groups excluding carboxylic acids is 1. The minimum Gasteiger partial charge on any atom is -0.396 e. The number of Topliss-reactive ketones (excluding diaryl/α,β-unsaturated/α-hetero) is 1.